The van der Waals surface area contributed by atoms with Crippen LogP contribution < -0.4 is 10.1 Å². The molecule has 5 heteroatoms. The van der Waals surface area contributed by atoms with E-state index in [0.717, 1.165) is 24.3 Å². The zero-order valence-corrected chi connectivity index (χ0v) is 12.3. The Morgan fingerprint density at radius 3 is 2.80 bits per heavy atom. The predicted octanol–water partition coefficient (Wildman–Crippen LogP) is 0.668. The Morgan fingerprint density at radius 2 is 2.15 bits per heavy atom. The maximum atomic E-state index is 11.8. The van der Waals surface area contributed by atoms with Crippen molar-refractivity contribution >= 4 is 5.91 Å². The molecule has 0 spiro atoms. The van der Waals surface area contributed by atoms with Crippen molar-refractivity contribution < 1.29 is 14.6 Å². The zero-order valence-electron chi connectivity index (χ0n) is 12.3. The molecule has 1 rings (SSSR count). The van der Waals surface area contributed by atoms with Gasteiger partial charge >= 0.3 is 0 Å². The first kappa shape index (κ1) is 16.5. The minimum Gasteiger partial charge on any atom is -0.496 e. The van der Waals surface area contributed by atoms with Gasteiger partial charge in [-0.25, -0.2) is 0 Å². The van der Waals surface area contributed by atoms with Crippen molar-refractivity contribution in [1.82, 2.24) is 10.2 Å². The molecule has 0 atom stereocenters. The molecule has 0 aliphatic heterocycles. The maximum Gasteiger partial charge on any atom is 0.234 e. The van der Waals surface area contributed by atoms with Crippen LogP contribution in [0.15, 0.2) is 24.3 Å². The van der Waals surface area contributed by atoms with Gasteiger partial charge in [0, 0.05) is 13.1 Å². The van der Waals surface area contributed by atoms with Gasteiger partial charge in [-0.05, 0) is 24.6 Å². The molecule has 5 nitrogen and oxygen atoms in total. The summed E-state index contributed by atoms with van der Waals surface area (Å²) in [5.74, 6) is 0.826. The van der Waals surface area contributed by atoms with Gasteiger partial charge in [0.25, 0.3) is 0 Å². The number of likely N-dealkylation sites (N-methyl/N-ethyl adjacent to an activating group) is 1. The lowest BCUT2D eigenvalue weighted by molar-refractivity contribution is -0.122. The molecule has 1 aromatic carbocycles. The van der Waals surface area contributed by atoms with Gasteiger partial charge in [0.15, 0.2) is 0 Å². The summed E-state index contributed by atoms with van der Waals surface area (Å²) in [5, 5.41) is 11.8. The Balaban J connectivity index is 2.34. The van der Waals surface area contributed by atoms with Gasteiger partial charge in [0.1, 0.15) is 5.75 Å². The number of ether oxygens (including phenoxy) is 1. The smallest absolute Gasteiger partial charge is 0.234 e. The van der Waals surface area contributed by atoms with Crippen LogP contribution in [0, 0.1) is 0 Å². The maximum absolute atomic E-state index is 11.8. The highest BCUT2D eigenvalue weighted by Gasteiger charge is 2.08. The Morgan fingerprint density at radius 1 is 1.40 bits per heavy atom. The van der Waals surface area contributed by atoms with Crippen LogP contribution in [0.25, 0.3) is 0 Å². The van der Waals surface area contributed by atoms with Crippen LogP contribution in [0.2, 0.25) is 0 Å². The lowest BCUT2D eigenvalue weighted by Gasteiger charge is -2.18. The molecule has 0 radical (unpaired) electrons. The molecule has 1 aromatic rings. The van der Waals surface area contributed by atoms with Gasteiger partial charge in [0.2, 0.25) is 5.91 Å². The molecule has 1 amide bonds. The van der Waals surface area contributed by atoms with E-state index in [0.29, 0.717) is 19.6 Å². The largest absolute Gasteiger partial charge is 0.496 e. The number of carbonyl (C=O) groups excluding carboxylic acids is 1. The first-order valence-corrected chi connectivity index (χ1v) is 6.93. The Bertz CT molecular complexity index is 410. The number of aliphatic hydroxyl groups excluding tert-OH is 1. The SMILES string of the molecule is CCN(CCO)CC(=O)NCCc1ccccc1OC. The van der Waals surface area contributed by atoms with Gasteiger partial charge in [-0.15, -0.1) is 0 Å². The van der Waals surface area contributed by atoms with Crippen LogP contribution in [0.1, 0.15) is 12.5 Å². The number of nitrogens with zero attached hydrogens (tertiary/aromatic N) is 1. The van der Waals surface area contributed by atoms with Gasteiger partial charge < -0.3 is 15.2 Å². The summed E-state index contributed by atoms with van der Waals surface area (Å²) in [6.45, 7) is 4.22. The summed E-state index contributed by atoms with van der Waals surface area (Å²) in [6, 6.07) is 7.79. The zero-order chi connectivity index (χ0) is 14.8. The highest BCUT2D eigenvalue weighted by Crippen LogP contribution is 2.17. The highest BCUT2D eigenvalue weighted by molar-refractivity contribution is 5.78. The molecule has 112 valence electrons. The van der Waals surface area contributed by atoms with Crippen LogP contribution in [0.5, 0.6) is 5.75 Å². The fourth-order valence-electron chi connectivity index (χ4n) is 2.00. The topological polar surface area (TPSA) is 61.8 Å². The van der Waals surface area contributed by atoms with Gasteiger partial charge in [-0.3, -0.25) is 9.69 Å². The van der Waals surface area contributed by atoms with Crippen molar-refractivity contribution in [3.8, 4) is 5.75 Å². The van der Waals surface area contributed by atoms with E-state index in [-0.39, 0.29) is 12.5 Å². The number of amides is 1. The van der Waals surface area contributed by atoms with Crippen molar-refractivity contribution in [2.24, 2.45) is 0 Å². The number of rotatable bonds is 9. The van der Waals surface area contributed by atoms with E-state index in [9.17, 15) is 4.79 Å². The quantitative estimate of drug-likeness (QED) is 0.698. The van der Waals surface area contributed by atoms with E-state index in [1.807, 2.05) is 36.1 Å². The Kier molecular flexibility index (Phi) is 7.69. The predicted molar refractivity (Wildman–Crippen MR) is 78.9 cm³/mol. The molecule has 2 N–H and O–H groups in total. The summed E-state index contributed by atoms with van der Waals surface area (Å²) < 4.78 is 5.27. The van der Waals surface area contributed by atoms with Crippen molar-refractivity contribution in [3.63, 3.8) is 0 Å². The molecule has 0 aromatic heterocycles. The highest BCUT2D eigenvalue weighted by atomic mass is 16.5. The number of hydrogen-bond acceptors (Lipinski definition) is 4. The molecule has 20 heavy (non-hydrogen) atoms. The fraction of sp³-hybridized carbons (Fsp3) is 0.533. The molecular weight excluding hydrogens is 256 g/mol. The molecule has 0 unspecified atom stereocenters. The third-order valence-electron chi connectivity index (χ3n) is 3.14. The Labute approximate surface area is 120 Å². The standard InChI is InChI=1S/C15H24N2O3/c1-3-17(10-11-18)12-15(19)16-9-8-13-6-4-5-7-14(13)20-2/h4-7,18H,3,8-12H2,1-2H3,(H,16,19). The average molecular weight is 280 g/mol. The minimum atomic E-state index is -0.0183. The molecule has 0 saturated heterocycles. The van der Waals surface area contributed by atoms with E-state index in [1.54, 1.807) is 7.11 Å². The molecular formula is C15H24N2O3. The molecule has 0 aliphatic rings. The average Bonchev–Trinajstić information content (AvgIpc) is 2.47. The first-order valence-electron chi connectivity index (χ1n) is 6.93. The summed E-state index contributed by atoms with van der Waals surface area (Å²) in [7, 11) is 1.64. The third-order valence-corrected chi connectivity index (χ3v) is 3.14. The summed E-state index contributed by atoms with van der Waals surface area (Å²) >= 11 is 0. The lowest BCUT2D eigenvalue weighted by atomic mass is 10.1. The molecule has 0 aliphatic carbocycles. The van der Waals surface area contributed by atoms with E-state index in [2.05, 4.69) is 5.32 Å². The second-order valence-electron chi connectivity index (χ2n) is 4.50. The van der Waals surface area contributed by atoms with Gasteiger partial charge in [0.05, 0.1) is 20.3 Å². The van der Waals surface area contributed by atoms with Crippen molar-refractivity contribution in [3.05, 3.63) is 29.8 Å². The molecule has 0 fully saturated rings. The van der Waals surface area contributed by atoms with Crippen LogP contribution in [-0.2, 0) is 11.2 Å². The summed E-state index contributed by atoms with van der Waals surface area (Å²) in [4.78, 5) is 13.7. The summed E-state index contributed by atoms with van der Waals surface area (Å²) in [5.41, 5.74) is 1.08. The van der Waals surface area contributed by atoms with Crippen LogP contribution in [-0.4, -0.2) is 55.8 Å². The minimum absolute atomic E-state index is 0.0183. The van der Waals surface area contributed by atoms with E-state index >= 15 is 0 Å². The van der Waals surface area contributed by atoms with Crippen molar-refractivity contribution in [2.75, 3.05) is 39.9 Å². The van der Waals surface area contributed by atoms with Gasteiger partial charge in [-0.1, -0.05) is 25.1 Å². The van der Waals surface area contributed by atoms with E-state index in [1.165, 1.54) is 0 Å². The number of para-hydroxylation sites is 1. The number of hydrogen-bond donors (Lipinski definition) is 2. The molecule has 0 saturated carbocycles. The molecule has 0 heterocycles. The monoisotopic (exact) mass is 280 g/mol. The van der Waals surface area contributed by atoms with E-state index < -0.39 is 0 Å². The van der Waals surface area contributed by atoms with E-state index in [4.69, 9.17) is 9.84 Å². The van der Waals surface area contributed by atoms with Crippen LogP contribution >= 0.6 is 0 Å². The molecule has 0 bridgehead atoms. The second kappa shape index (κ2) is 9.34. The second-order valence-corrected chi connectivity index (χ2v) is 4.50. The van der Waals surface area contributed by atoms with Crippen molar-refractivity contribution in [2.45, 2.75) is 13.3 Å². The van der Waals surface area contributed by atoms with Crippen LogP contribution in [0.3, 0.4) is 0 Å². The lowest BCUT2D eigenvalue weighted by Crippen LogP contribution is -2.39. The fourth-order valence-corrected chi connectivity index (χ4v) is 2.00. The first-order chi connectivity index (χ1) is 9.71. The van der Waals surface area contributed by atoms with Crippen LogP contribution in [0.4, 0.5) is 0 Å². The number of aliphatic hydroxyl groups is 1. The number of methoxy groups -OCH3 is 1. The number of carbonyl (C=O) groups is 1. The normalized spacial score (nSPS) is 10.6. The van der Waals surface area contributed by atoms with Gasteiger partial charge in [-0.2, -0.15) is 0 Å². The third kappa shape index (κ3) is 5.59. The number of nitrogens with one attached hydrogen (secondary N) is 1. The van der Waals surface area contributed by atoms with Crippen molar-refractivity contribution in [1.29, 1.82) is 0 Å². The Hall–Kier alpha value is -1.59. The number of benzene rings is 1. The summed E-state index contributed by atoms with van der Waals surface area (Å²) in [6.07, 6.45) is 0.738.